The highest BCUT2D eigenvalue weighted by Gasteiger charge is 2.20. The van der Waals surface area contributed by atoms with Gasteiger partial charge in [0.2, 0.25) is 5.88 Å². The molecule has 1 heterocycles. The molecule has 0 aliphatic heterocycles. The minimum absolute atomic E-state index is 0.663. The van der Waals surface area contributed by atoms with Gasteiger partial charge in [-0.1, -0.05) is 32.3 Å². The third kappa shape index (κ3) is 3.62. The van der Waals surface area contributed by atoms with Crippen LogP contribution in [0.25, 0.3) is 0 Å². The van der Waals surface area contributed by atoms with Gasteiger partial charge in [0.15, 0.2) is 0 Å². The fourth-order valence-electron chi connectivity index (χ4n) is 2.67. The van der Waals surface area contributed by atoms with Crippen LogP contribution in [0, 0.1) is 11.8 Å². The zero-order chi connectivity index (χ0) is 12.8. The van der Waals surface area contributed by atoms with Crippen molar-refractivity contribution in [3.8, 4) is 5.88 Å². The lowest BCUT2D eigenvalue weighted by Crippen LogP contribution is -2.24. The van der Waals surface area contributed by atoms with Crippen molar-refractivity contribution in [2.45, 2.75) is 39.5 Å². The molecule has 1 aliphatic carbocycles. The smallest absolute Gasteiger partial charge is 0.215 e. The first-order valence-corrected chi connectivity index (χ1v) is 7.13. The van der Waals surface area contributed by atoms with Crippen LogP contribution in [0.2, 0.25) is 0 Å². The van der Waals surface area contributed by atoms with Gasteiger partial charge in [-0.25, -0.2) is 0 Å². The molecule has 1 fully saturated rings. The second kappa shape index (κ2) is 6.62. The van der Waals surface area contributed by atoms with Crippen LogP contribution >= 0.6 is 0 Å². The Labute approximate surface area is 110 Å². The van der Waals surface area contributed by atoms with Crippen molar-refractivity contribution in [1.29, 1.82) is 0 Å². The summed E-state index contributed by atoms with van der Waals surface area (Å²) in [6.45, 7) is 6.04. The quantitative estimate of drug-likeness (QED) is 0.862. The molecule has 0 bridgehead atoms. The highest BCUT2D eigenvalue weighted by molar-refractivity contribution is 5.37. The Balaban J connectivity index is 1.87. The Morgan fingerprint density at radius 3 is 2.94 bits per heavy atom. The van der Waals surface area contributed by atoms with Crippen molar-refractivity contribution in [2.24, 2.45) is 11.8 Å². The van der Waals surface area contributed by atoms with Crippen LogP contribution in [0.1, 0.15) is 39.5 Å². The first-order chi connectivity index (χ1) is 8.79. The maximum absolute atomic E-state index is 5.41. The van der Waals surface area contributed by atoms with E-state index in [9.17, 15) is 0 Å². The van der Waals surface area contributed by atoms with Gasteiger partial charge < -0.3 is 10.1 Å². The Kier molecular flexibility index (Phi) is 4.85. The zero-order valence-corrected chi connectivity index (χ0v) is 11.5. The van der Waals surface area contributed by atoms with Crippen LogP contribution < -0.4 is 10.1 Å². The van der Waals surface area contributed by atoms with Crippen LogP contribution in [-0.2, 0) is 0 Å². The number of ether oxygens (including phenoxy) is 1. The SMILES string of the molecule is CCOc1cccc(NCC2CCCCC2C)n1. The Hall–Kier alpha value is -1.25. The molecule has 2 atom stereocenters. The molecule has 3 nitrogen and oxygen atoms in total. The normalized spacial score (nSPS) is 23.7. The van der Waals surface area contributed by atoms with E-state index in [1.54, 1.807) is 0 Å². The number of pyridine rings is 1. The summed E-state index contributed by atoms with van der Waals surface area (Å²) in [5, 5.41) is 3.45. The number of nitrogens with one attached hydrogen (secondary N) is 1. The molecule has 100 valence electrons. The average molecular weight is 248 g/mol. The van der Waals surface area contributed by atoms with Crippen molar-refractivity contribution in [3.63, 3.8) is 0 Å². The molecule has 1 aliphatic rings. The van der Waals surface area contributed by atoms with Crippen molar-refractivity contribution in [2.75, 3.05) is 18.5 Å². The molecule has 0 aromatic carbocycles. The third-order valence-corrected chi connectivity index (χ3v) is 3.85. The molecule has 2 unspecified atom stereocenters. The van der Waals surface area contributed by atoms with Crippen molar-refractivity contribution in [1.82, 2.24) is 4.98 Å². The summed E-state index contributed by atoms with van der Waals surface area (Å²) in [6, 6.07) is 5.90. The van der Waals surface area contributed by atoms with Crippen molar-refractivity contribution < 1.29 is 4.74 Å². The summed E-state index contributed by atoms with van der Waals surface area (Å²) in [5.74, 6) is 3.26. The van der Waals surface area contributed by atoms with E-state index in [0.29, 0.717) is 12.5 Å². The van der Waals surface area contributed by atoms with Gasteiger partial charge in [-0.15, -0.1) is 0 Å². The van der Waals surface area contributed by atoms with Crippen molar-refractivity contribution in [3.05, 3.63) is 18.2 Å². The highest BCUT2D eigenvalue weighted by atomic mass is 16.5. The van der Waals surface area contributed by atoms with E-state index in [1.807, 2.05) is 25.1 Å². The van der Waals surface area contributed by atoms with Crippen LogP contribution in [0.4, 0.5) is 5.82 Å². The molecule has 0 amide bonds. The van der Waals surface area contributed by atoms with Gasteiger partial charge in [0.1, 0.15) is 5.82 Å². The number of nitrogens with zero attached hydrogens (tertiary/aromatic N) is 1. The molecule has 2 rings (SSSR count). The minimum atomic E-state index is 0.663. The molecule has 1 aromatic rings. The molecule has 3 heteroatoms. The van der Waals surface area contributed by atoms with Gasteiger partial charge in [-0.05, 0) is 31.2 Å². The van der Waals surface area contributed by atoms with Crippen LogP contribution in [0.5, 0.6) is 5.88 Å². The molecule has 0 spiro atoms. The van der Waals surface area contributed by atoms with Crippen LogP contribution in [-0.4, -0.2) is 18.1 Å². The van der Waals surface area contributed by atoms with E-state index in [2.05, 4.69) is 17.2 Å². The summed E-state index contributed by atoms with van der Waals surface area (Å²) < 4.78 is 5.41. The third-order valence-electron chi connectivity index (χ3n) is 3.85. The number of hydrogen-bond donors (Lipinski definition) is 1. The molecular weight excluding hydrogens is 224 g/mol. The monoisotopic (exact) mass is 248 g/mol. The molecule has 1 saturated carbocycles. The largest absolute Gasteiger partial charge is 0.478 e. The van der Waals surface area contributed by atoms with Crippen LogP contribution in [0.15, 0.2) is 18.2 Å². The molecule has 1 aromatic heterocycles. The molecule has 0 saturated heterocycles. The summed E-state index contributed by atoms with van der Waals surface area (Å²) in [6.07, 6.45) is 5.50. The van der Waals surface area contributed by atoms with E-state index in [-0.39, 0.29) is 0 Å². The van der Waals surface area contributed by atoms with E-state index in [0.717, 1.165) is 24.2 Å². The van der Waals surface area contributed by atoms with Gasteiger partial charge in [-0.3, -0.25) is 0 Å². The molecule has 0 radical (unpaired) electrons. The van der Waals surface area contributed by atoms with E-state index in [4.69, 9.17) is 4.74 Å². The highest BCUT2D eigenvalue weighted by Crippen LogP contribution is 2.29. The number of aromatic nitrogens is 1. The van der Waals surface area contributed by atoms with Gasteiger partial charge in [-0.2, -0.15) is 4.98 Å². The van der Waals surface area contributed by atoms with E-state index in [1.165, 1.54) is 25.7 Å². The minimum Gasteiger partial charge on any atom is -0.478 e. The summed E-state index contributed by atoms with van der Waals surface area (Å²) in [7, 11) is 0. The van der Waals surface area contributed by atoms with Gasteiger partial charge in [0.05, 0.1) is 6.61 Å². The Morgan fingerprint density at radius 2 is 2.17 bits per heavy atom. The number of hydrogen-bond acceptors (Lipinski definition) is 3. The number of anilines is 1. The first-order valence-electron chi connectivity index (χ1n) is 7.13. The maximum Gasteiger partial charge on any atom is 0.215 e. The lowest BCUT2D eigenvalue weighted by molar-refractivity contribution is 0.268. The summed E-state index contributed by atoms with van der Waals surface area (Å²) in [4.78, 5) is 4.44. The van der Waals surface area contributed by atoms with Gasteiger partial charge >= 0.3 is 0 Å². The van der Waals surface area contributed by atoms with Gasteiger partial charge in [0.25, 0.3) is 0 Å². The van der Waals surface area contributed by atoms with E-state index >= 15 is 0 Å². The predicted octanol–water partition coefficient (Wildman–Crippen LogP) is 3.72. The average Bonchev–Trinajstić information content (AvgIpc) is 2.39. The first kappa shape index (κ1) is 13.2. The number of rotatable bonds is 5. The maximum atomic E-state index is 5.41. The standard InChI is InChI=1S/C15H24N2O/c1-3-18-15-10-6-9-14(17-15)16-11-13-8-5-4-7-12(13)2/h6,9-10,12-13H,3-5,7-8,11H2,1-2H3,(H,16,17). The molecule has 1 N–H and O–H groups in total. The Morgan fingerprint density at radius 1 is 1.33 bits per heavy atom. The second-order valence-corrected chi connectivity index (χ2v) is 5.20. The predicted molar refractivity (Wildman–Crippen MR) is 75.0 cm³/mol. The van der Waals surface area contributed by atoms with Gasteiger partial charge in [0, 0.05) is 12.6 Å². The summed E-state index contributed by atoms with van der Waals surface area (Å²) >= 11 is 0. The Bertz CT molecular complexity index is 367. The fraction of sp³-hybridized carbons (Fsp3) is 0.667. The topological polar surface area (TPSA) is 34.1 Å². The van der Waals surface area contributed by atoms with Crippen LogP contribution in [0.3, 0.4) is 0 Å². The second-order valence-electron chi connectivity index (χ2n) is 5.20. The molecule has 18 heavy (non-hydrogen) atoms. The molecular formula is C15H24N2O. The summed E-state index contributed by atoms with van der Waals surface area (Å²) in [5.41, 5.74) is 0. The van der Waals surface area contributed by atoms with Crippen molar-refractivity contribution >= 4 is 5.82 Å². The zero-order valence-electron chi connectivity index (χ0n) is 11.5. The lowest BCUT2D eigenvalue weighted by Gasteiger charge is -2.28. The van der Waals surface area contributed by atoms with E-state index < -0.39 is 0 Å². The fourth-order valence-corrected chi connectivity index (χ4v) is 2.67. The lowest BCUT2D eigenvalue weighted by atomic mass is 9.80.